The van der Waals surface area contributed by atoms with E-state index >= 15 is 0 Å². The lowest BCUT2D eigenvalue weighted by molar-refractivity contribution is -0.113. The van der Waals surface area contributed by atoms with E-state index < -0.39 is 0 Å². The number of amides is 1. The van der Waals surface area contributed by atoms with Crippen LogP contribution in [0.15, 0.2) is 58.9 Å². The third kappa shape index (κ3) is 5.08. The predicted molar refractivity (Wildman–Crippen MR) is 110 cm³/mol. The van der Waals surface area contributed by atoms with Crippen molar-refractivity contribution in [2.24, 2.45) is 7.05 Å². The van der Waals surface area contributed by atoms with E-state index in [2.05, 4.69) is 53.6 Å². The molecule has 0 saturated heterocycles. The van der Waals surface area contributed by atoms with E-state index in [1.165, 1.54) is 11.8 Å². The van der Waals surface area contributed by atoms with Gasteiger partial charge in [-0.1, -0.05) is 17.8 Å². The maximum Gasteiger partial charge on any atom is 0.236 e. The SMILES string of the molecule is C=CCn1c(Cc2cccn2C)nnc1SCC(=O)Nc1ccc(Br)cn1. The summed E-state index contributed by atoms with van der Waals surface area (Å²) in [5.74, 6) is 1.43. The first-order valence-corrected chi connectivity index (χ1v) is 10.0. The van der Waals surface area contributed by atoms with E-state index in [0.717, 1.165) is 16.0 Å². The fourth-order valence-corrected chi connectivity index (χ4v) is 3.47. The molecule has 0 aliphatic heterocycles. The molecule has 0 atom stereocenters. The van der Waals surface area contributed by atoms with Gasteiger partial charge in [-0.3, -0.25) is 4.79 Å². The largest absolute Gasteiger partial charge is 0.354 e. The first-order valence-electron chi connectivity index (χ1n) is 8.24. The maximum absolute atomic E-state index is 12.2. The number of hydrogen-bond donors (Lipinski definition) is 1. The highest BCUT2D eigenvalue weighted by atomic mass is 79.9. The Morgan fingerprint density at radius 3 is 2.89 bits per heavy atom. The molecule has 0 saturated carbocycles. The molecule has 0 aliphatic carbocycles. The molecule has 0 radical (unpaired) electrons. The quantitative estimate of drug-likeness (QED) is 0.424. The average molecular weight is 447 g/mol. The molecule has 7 nitrogen and oxygen atoms in total. The molecule has 0 aromatic carbocycles. The summed E-state index contributed by atoms with van der Waals surface area (Å²) in [6.07, 6.45) is 6.10. The number of rotatable bonds is 8. The van der Waals surface area contributed by atoms with E-state index in [0.29, 0.717) is 23.9 Å². The van der Waals surface area contributed by atoms with Crippen molar-refractivity contribution in [1.82, 2.24) is 24.3 Å². The van der Waals surface area contributed by atoms with Crippen molar-refractivity contribution >= 4 is 39.4 Å². The minimum Gasteiger partial charge on any atom is -0.354 e. The number of nitrogens with one attached hydrogen (secondary N) is 1. The second-order valence-corrected chi connectivity index (χ2v) is 7.64. The summed E-state index contributed by atoms with van der Waals surface area (Å²) in [5.41, 5.74) is 1.14. The van der Waals surface area contributed by atoms with Gasteiger partial charge in [0, 0.05) is 42.6 Å². The zero-order valence-corrected chi connectivity index (χ0v) is 17.2. The number of pyridine rings is 1. The van der Waals surface area contributed by atoms with E-state index in [1.54, 1.807) is 18.3 Å². The lowest BCUT2D eigenvalue weighted by Crippen LogP contribution is -2.15. The Balaban J connectivity index is 1.65. The molecular weight excluding hydrogens is 428 g/mol. The molecule has 3 aromatic rings. The first kappa shape index (κ1) is 19.4. The van der Waals surface area contributed by atoms with Gasteiger partial charge >= 0.3 is 0 Å². The van der Waals surface area contributed by atoms with Gasteiger partial charge in [0.25, 0.3) is 0 Å². The van der Waals surface area contributed by atoms with Gasteiger partial charge in [0.05, 0.1) is 5.75 Å². The van der Waals surface area contributed by atoms with E-state index in [-0.39, 0.29) is 11.7 Å². The number of aryl methyl sites for hydroxylation is 1. The van der Waals surface area contributed by atoms with Crippen LogP contribution in [0.25, 0.3) is 0 Å². The molecule has 0 fully saturated rings. The van der Waals surface area contributed by atoms with E-state index in [9.17, 15) is 4.79 Å². The van der Waals surface area contributed by atoms with Crippen LogP contribution in [-0.2, 0) is 24.8 Å². The number of thioether (sulfide) groups is 1. The Kier molecular flexibility index (Phi) is 6.46. The number of anilines is 1. The Morgan fingerprint density at radius 1 is 1.37 bits per heavy atom. The van der Waals surface area contributed by atoms with Crippen molar-refractivity contribution in [3.8, 4) is 0 Å². The van der Waals surface area contributed by atoms with Crippen molar-refractivity contribution < 1.29 is 4.79 Å². The molecule has 0 unspecified atom stereocenters. The molecule has 1 amide bonds. The monoisotopic (exact) mass is 446 g/mol. The third-order valence-electron chi connectivity index (χ3n) is 3.82. The van der Waals surface area contributed by atoms with Gasteiger partial charge in [0.15, 0.2) is 5.16 Å². The smallest absolute Gasteiger partial charge is 0.236 e. The van der Waals surface area contributed by atoms with Gasteiger partial charge in [-0.15, -0.1) is 16.8 Å². The molecule has 3 rings (SSSR count). The van der Waals surface area contributed by atoms with Gasteiger partial charge in [-0.05, 0) is 40.2 Å². The highest BCUT2D eigenvalue weighted by Gasteiger charge is 2.15. The van der Waals surface area contributed by atoms with Gasteiger partial charge in [0.2, 0.25) is 5.91 Å². The molecule has 3 heterocycles. The Labute approximate surface area is 170 Å². The third-order valence-corrected chi connectivity index (χ3v) is 5.26. The van der Waals surface area contributed by atoms with Gasteiger partial charge in [-0.2, -0.15) is 0 Å². The molecular formula is C18H19BrN6OS. The van der Waals surface area contributed by atoms with Gasteiger partial charge < -0.3 is 14.5 Å². The topological polar surface area (TPSA) is 77.6 Å². The summed E-state index contributed by atoms with van der Waals surface area (Å²) < 4.78 is 4.90. The number of halogens is 1. The summed E-state index contributed by atoms with van der Waals surface area (Å²) in [4.78, 5) is 16.3. The number of allylic oxidation sites excluding steroid dienone is 1. The summed E-state index contributed by atoms with van der Waals surface area (Å²) in [6, 6.07) is 7.62. The highest BCUT2D eigenvalue weighted by molar-refractivity contribution is 9.10. The number of carbonyl (C=O) groups is 1. The van der Waals surface area contributed by atoms with Crippen LogP contribution in [0.3, 0.4) is 0 Å². The number of hydrogen-bond acceptors (Lipinski definition) is 5. The minimum absolute atomic E-state index is 0.146. The summed E-state index contributed by atoms with van der Waals surface area (Å²) in [5, 5.41) is 12.0. The fraction of sp³-hybridized carbons (Fsp3) is 0.222. The van der Waals surface area contributed by atoms with Crippen molar-refractivity contribution in [2.75, 3.05) is 11.1 Å². The van der Waals surface area contributed by atoms with Crippen LogP contribution in [0, 0.1) is 0 Å². The van der Waals surface area contributed by atoms with Crippen LogP contribution in [0.5, 0.6) is 0 Å². The Morgan fingerprint density at radius 2 is 2.22 bits per heavy atom. The molecule has 3 aromatic heterocycles. The second kappa shape index (κ2) is 9.01. The van der Waals surface area contributed by atoms with Crippen molar-refractivity contribution in [3.05, 3.63) is 65.3 Å². The normalized spacial score (nSPS) is 10.7. The van der Waals surface area contributed by atoms with Crippen molar-refractivity contribution in [1.29, 1.82) is 0 Å². The Hall–Kier alpha value is -2.39. The summed E-state index contributed by atoms with van der Waals surface area (Å²) >= 11 is 4.66. The first-order chi connectivity index (χ1) is 13.1. The average Bonchev–Trinajstić information content (AvgIpc) is 3.23. The number of nitrogens with zero attached hydrogens (tertiary/aromatic N) is 5. The lowest BCUT2D eigenvalue weighted by Gasteiger charge is -2.08. The zero-order valence-electron chi connectivity index (χ0n) is 14.8. The zero-order chi connectivity index (χ0) is 19.2. The second-order valence-electron chi connectivity index (χ2n) is 5.78. The molecule has 0 bridgehead atoms. The molecule has 27 heavy (non-hydrogen) atoms. The molecule has 140 valence electrons. The predicted octanol–water partition coefficient (Wildman–Crippen LogP) is 3.28. The Bertz CT molecular complexity index is 934. The minimum atomic E-state index is -0.146. The van der Waals surface area contributed by atoms with E-state index in [1.807, 2.05) is 29.9 Å². The van der Waals surface area contributed by atoms with E-state index in [4.69, 9.17) is 0 Å². The van der Waals surface area contributed by atoms with Crippen LogP contribution < -0.4 is 5.32 Å². The highest BCUT2D eigenvalue weighted by Crippen LogP contribution is 2.19. The van der Waals surface area contributed by atoms with Crippen LogP contribution in [0.4, 0.5) is 5.82 Å². The number of carbonyl (C=O) groups excluding carboxylic acids is 1. The number of aromatic nitrogens is 5. The van der Waals surface area contributed by atoms with Crippen LogP contribution in [0.2, 0.25) is 0 Å². The summed E-state index contributed by atoms with van der Waals surface area (Å²) in [7, 11) is 2.00. The van der Waals surface area contributed by atoms with Crippen molar-refractivity contribution in [3.63, 3.8) is 0 Å². The summed E-state index contributed by atoms with van der Waals surface area (Å²) in [6.45, 7) is 4.40. The van der Waals surface area contributed by atoms with Crippen LogP contribution >= 0.6 is 27.7 Å². The standard InChI is InChI=1S/C18H19BrN6OS/c1-3-8-25-16(10-14-5-4-9-24(14)2)22-23-18(25)27-12-17(26)21-15-7-6-13(19)11-20-15/h3-7,9,11H,1,8,10,12H2,2H3,(H,20,21,26). The fourth-order valence-electron chi connectivity index (χ4n) is 2.47. The van der Waals surface area contributed by atoms with Crippen molar-refractivity contribution in [2.45, 2.75) is 18.1 Å². The van der Waals surface area contributed by atoms with Crippen LogP contribution in [0.1, 0.15) is 11.5 Å². The van der Waals surface area contributed by atoms with Crippen LogP contribution in [-0.4, -0.2) is 36.0 Å². The molecule has 1 N–H and O–H groups in total. The van der Waals surface area contributed by atoms with Gasteiger partial charge in [0.1, 0.15) is 11.6 Å². The lowest BCUT2D eigenvalue weighted by atomic mass is 10.3. The molecule has 0 aliphatic rings. The molecule has 9 heteroatoms. The maximum atomic E-state index is 12.2. The molecule has 0 spiro atoms. The van der Waals surface area contributed by atoms with Gasteiger partial charge in [-0.25, -0.2) is 4.98 Å².